The Kier molecular flexibility index (Phi) is 6.12. The molecule has 0 aliphatic carbocycles. The highest BCUT2D eigenvalue weighted by Crippen LogP contribution is 2.22. The van der Waals surface area contributed by atoms with Gasteiger partial charge in [-0.1, -0.05) is 34.6 Å². The quantitative estimate of drug-likeness (QED) is 0.809. The van der Waals surface area contributed by atoms with Crippen LogP contribution in [0, 0.1) is 0 Å². The predicted molar refractivity (Wildman–Crippen MR) is 86.7 cm³/mol. The molecule has 1 aromatic heterocycles. The molecule has 0 aromatic carbocycles. The van der Waals surface area contributed by atoms with Crippen molar-refractivity contribution in [2.75, 3.05) is 12.4 Å². The van der Waals surface area contributed by atoms with E-state index in [1.165, 1.54) is 0 Å². The Hall–Kier alpha value is -1.65. The van der Waals surface area contributed by atoms with Crippen molar-refractivity contribution in [1.82, 2.24) is 15.3 Å². The first-order valence-corrected chi connectivity index (χ1v) is 7.80. The van der Waals surface area contributed by atoms with Gasteiger partial charge in [0.05, 0.1) is 11.9 Å². The van der Waals surface area contributed by atoms with Crippen LogP contribution in [0.2, 0.25) is 0 Å². The van der Waals surface area contributed by atoms with Crippen molar-refractivity contribution in [2.45, 2.75) is 65.3 Å². The molecule has 1 amide bonds. The molecule has 1 rings (SSSR count). The van der Waals surface area contributed by atoms with Gasteiger partial charge in [-0.3, -0.25) is 4.79 Å². The molecule has 1 aromatic rings. The number of nitrogens with zero attached hydrogens (tertiary/aromatic N) is 2. The Morgan fingerprint density at radius 3 is 2.24 bits per heavy atom. The van der Waals surface area contributed by atoms with Gasteiger partial charge in [0, 0.05) is 18.5 Å². The predicted octanol–water partition coefficient (Wildman–Crippen LogP) is 3.34. The van der Waals surface area contributed by atoms with Crippen molar-refractivity contribution in [3.05, 3.63) is 17.7 Å². The van der Waals surface area contributed by atoms with Gasteiger partial charge in [-0.2, -0.15) is 0 Å². The normalized spacial score (nSPS) is 11.6. The maximum atomic E-state index is 12.7. The molecule has 0 unspecified atom stereocenters. The second-order valence-electron chi connectivity index (χ2n) is 5.69. The van der Waals surface area contributed by atoms with Crippen LogP contribution in [0.1, 0.15) is 76.1 Å². The summed E-state index contributed by atoms with van der Waals surface area (Å²) in [5, 5.41) is 6.16. The number of anilines is 1. The van der Waals surface area contributed by atoms with E-state index in [1.54, 1.807) is 13.2 Å². The summed E-state index contributed by atoms with van der Waals surface area (Å²) in [6.07, 6.45) is 4.40. The Morgan fingerprint density at radius 1 is 1.24 bits per heavy atom. The summed E-state index contributed by atoms with van der Waals surface area (Å²) in [5.41, 5.74) is 0.926. The zero-order valence-corrected chi connectivity index (χ0v) is 14.1. The molecule has 2 N–H and O–H groups in total. The summed E-state index contributed by atoms with van der Waals surface area (Å²) < 4.78 is 0. The fourth-order valence-corrected chi connectivity index (χ4v) is 2.34. The minimum Gasteiger partial charge on any atom is -0.385 e. The fourth-order valence-electron chi connectivity index (χ4n) is 2.34. The zero-order valence-electron chi connectivity index (χ0n) is 14.1. The van der Waals surface area contributed by atoms with Crippen LogP contribution in [-0.2, 0) is 0 Å². The number of nitrogens with one attached hydrogen (secondary N) is 2. The fraction of sp³-hybridized carbons (Fsp3) is 0.688. The largest absolute Gasteiger partial charge is 0.385 e. The lowest BCUT2D eigenvalue weighted by atomic mass is 9.89. The van der Waals surface area contributed by atoms with Crippen molar-refractivity contribution >= 4 is 11.6 Å². The molecule has 0 aliphatic rings. The monoisotopic (exact) mass is 292 g/mol. The van der Waals surface area contributed by atoms with Gasteiger partial charge in [0.1, 0.15) is 5.82 Å². The molecule has 0 radical (unpaired) electrons. The van der Waals surface area contributed by atoms with Crippen molar-refractivity contribution in [2.24, 2.45) is 0 Å². The third kappa shape index (κ3) is 3.93. The van der Waals surface area contributed by atoms with Crippen LogP contribution in [0.4, 0.5) is 5.69 Å². The minimum absolute atomic E-state index is 0.130. The highest BCUT2D eigenvalue weighted by atomic mass is 16.2. The van der Waals surface area contributed by atoms with Gasteiger partial charge in [-0.25, -0.2) is 9.97 Å². The Balaban J connectivity index is 3.13. The second kappa shape index (κ2) is 7.38. The first kappa shape index (κ1) is 17.4. The summed E-state index contributed by atoms with van der Waals surface area (Å²) in [5.74, 6) is 0.749. The summed E-state index contributed by atoms with van der Waals surface area (Å²) in [6.45, 7) is 10.3. The topological polar surface area (TPSA) is 66.9 Å². The molecule has 0 saturated carbocycles. The van der Waals surface area contributed by atoms with E-state index in [9.17, 15) is 4.79 Å². The van der Waals surface area contributed by atoms with E-state index in [2.05, 4.69) is 41.4 Å². The minimum atomic E-state index is -0.162. The molecule has 0 bridgehead atoms. The van der Waals surface area contributed by atoms with Crippen LogP contribution >= 0.6 is 0 Å². The van der Waals surface area contributed by atoms with Crippen LogP contribution in [0.25, 0.3) is 0 Å². The van der Waals surface area contributed by atoms with Crippen LogP contribution < -0.4 is 10.6 Å². The molecular weight excluding hydrogens is 264 g/mol. The maximum absolute atomic E-state index is 12.7. The van der Waals surface area contributed by atoms with Gasteiger partial charge in [0.15, 0.2) is 5.69 Å². The van der Waals surface area contributed by atoms with Gasteiger partial charge in [0.25, 0.3) is 5.91 Å². The van der Waals surface area contributed by atoms with Gasteiger partial charge >= 0.3 is 0 Å². The summed E-state index contributed by atoms with van der Waals surface area (Å²) >= 11 is 0. The van der Waals surface area contributed by atoms with E-state index in [1.807, 2.05) is 13.8 Å². The van der Waals surface area contributed by atoms with Crippen molar-refractivity contribution in [3.63, 3.8) is 0 Å². The number of carbonyl (C=O) groups excluding carboxylic acids is 1. The first-order valence-electron chi connectivity index (χ1n) is 7.80. The van der Waals surface area contributed by atoms with Crippen LogP contribution in [-0.4, -0.2) is 28.5 Å². The van der Waals surface area contributed by atoms with Crippen molar-refractivity contribution in [1.29, 1.82) is 0 Å². The van der Waals surface area contributed by atoms with Crippen molar-refractivity contribution in [3.8, 4) is 0 Å². The average Bonchev–Trinajstić information content (AvgIpc) is 2.51. The first-order chi connectivity index (χ1) is 9.92. The molecule has 5 heteroatoms. The van der Waals surface area contributed by atoms with E-state index in [4.69, 9.17) is 0 Å². The van der Waals surface area contributed by atoms with E-state index in [-0.39, 0.29) is 17.4 Å². The van der Waals surface area contributed by atoms with Crippen LogP contribution in [0.15, 0.2) is 6.20 Å². The molecule has 1 heterocycles. The Morgan fingerprint density at radius 2 is 1.81 bits per heavy atom. The van der Waals surface area contributed by atoms with Gasteiger partial charge in [0.2, 0.25) is 0 Å². The number of hydrogen-bond donors (Lipinski definition) is 2. The molecule has 0 fully saturated rings. The summed E-state index contributed by atoms with van der Waals surface area (Å²) in [6, 6.07) is 0. The van der Waals surface area contributed by atoms with Crippen LogP contribution in [0.3, 0.4) is 0 Å². The van der Waals surface area contributed by atoms with E-state index in [0.29, 0.717) is 17.2 Å². The lowest BCUT2D eigenvalue weighted by Gasteiger charge is -2.31. The number of carbonyl (C=O) groups is 1. The molecule has 0 aliphatic heterocycles. The Bertz CT molecular complexity index is 473. The molecule has 0 saturated heterocycles. The van der Waals surface area contributed by atoms with E-state index >= 15 is 0 Å². The van der Waals surface area contributed by atoms with E-state index in [0.717, 1.165) is 19.3 Å². The van der Waals surface area contributed by atoms with Crippen LogP contribution in [0.5, 0.6) is 0 Å². The summed E-state index contributed by atoms with van der Waals surface area (Å²) in [4.78, 5) is 21.4. The lowest BCUT2D eigenvalue weighted by Crippen LogP contribution is -2.47. The molecule has 21 heavy (non-hydrogen) atoms. The second-order valence-corrected chi connectivity index (χ2v) is 5.69. The van der Waals surface area contributed by atoms with E-state index < -0.39 is 0 Å². The average molecular weight is 292 g/mol. The SMILES string of the molecule is CCC(CC)(CC)NC(=O)c1nc(C(C)C)ncc1NC. The Labute approximate surface area is 128 Å². The zero-order chi connectivity index (χ0) is 16.0. The summed E-state index contributed by atoms with van der Waals surface area (Å²) in [7, 11) is 1.78. The number of rotatable bonds is 7. The highest BCUT2D eigenvalue weighted by molar-refractivity contribution is 5.97. The molecule has 0 atom stereocenters. The lowest BCUT2D eigenvalue weighted by molar-refractivity contribution is 0.0883. The highest BCUT2D eigenvalue weighted by Gasteiger charge is 2.28. The molecular formula is C16H28N4O. The standard InChI is InChI=1S/C16H28N4O/c1-7-16(8-2,9-3)20-15(21)13-12(17-6)10-18-14(19-13)11(4)5/h10-11,17H,7-9H2,1-6H3,(H,20,21). The van der Waals surface area contributed by atoms with Gasteiger partial charge in [-0.15, -0.1) is 0 Å². The number of hydrogen-bond acceptors (Lipinski definition) is 4. The third-order valence-electron chi connectivity index (χ3n) is 4.22. The number of aromatic nitrogens is 2. The maximum Gasteiger partial charge on any atom is 0.272 e. The smallest absolute Gasteiger partial charge is 0.272 e. The number of amides is 1. The van der Waals surface area contributed by atoms with Gasteiger partial charge < -0.3 is 10.6 Å². The molecule has 0 spiro atoms. The third-order valence-corrected chi connectivity index (χ3v) is 4.22. The molecule has 5 nitrogen and oxygen atoms in total. The van der Waals surface area contributed by atoms with Crippen molar-refractivity contribution < 1.29 is 4.79 Å². The molecule has 118 valence electrons. The van der Waals surface area contributed by atoms with Gasteiger partial charge in [-0.05, 0) is 19.3 Å².